The minimum atomic E-state index is -3.74. The Balaban J connectivity index is 2.09. The second-order valence-corrected chi connectivity index (χ2v) is 7.35. The molecule has 1 amide bonds. The highest BCUT2D eigenvalue weighted by molar-refractivity contribution is 7.89. The highest BCUT2D eigenvalue weighted by atomic mass is 32.2. The molecule has 2 aromatic rings. The summed E-state index contributed by atoms with van der Waals surface area (Å²) in [5.74, 6) is -0.945. The summed E-state index contributed by atoms with van der Waals surface area (Å²) >= 11 is 0. The lowest BCUT2D eigenvalue weighted by Crippen LogP contribution is -2.24. The van der Waals surface area contributed by atoms with Crippen molar-refractivity contribution in [3.8, 4) is 6.07 Å². The number of amides is 1. The molecule has 0 atom stereocenters. The molecule has 0 radical (unpaired) electrons. The van der Waals surface area contributed by atoms with Crippen molar-refractivity contribution in [2.75, 3.05) is 18.5 Å². The van der Waals surface area contributed by atoms with Crippen molar-refractivity contribution in [2.45, 2.75) is 18.2 Å². The van der Waals surface area contributed by atoms with E-state index in [-0.39, 0.29) is 30.0 Å². The fourth-order valence-electron chi connectivity index (χ4n) is 2.25. The number of nitrogens with zero attached hydrogens (tertiary/aromatic N) is 1. The van der Waals surface area contributed by atoms with Gasteiger partial charge in [-0.1, -0.05) is 6.07 Å². The molecule has 2 rings (SSSR count). The minimum absolute atomic E-state index is 0.00806. The van der Waals surface area contributed by atoms with Gasteiger partial charge in [-0.25, -0.2) is 17.9 Å². The van der Waals surface area contributed by atoms with Crippen molar-refractivity contribution in [2.24, 2.45) is 0 Å². The largest absolute Gasteiger partial charge is 0.462 e. The van der Waals surface area contributed by atoms with Crippen LogP contribution < -0.4 is 10.0 Å². The second-order valence-electron chi connectivity index (χ2n) is 5.59. The van der Waals surface area contributed by atoms with Gasteiger partial charge < -0.3 is 10.1 Å². The first-order valence-corrected chi connectivity index (χ1v) is 9.91. The SMILES string of the molecule is CCOC(=O)c1cccc(NC(=O)c2ccc(S(=O)(=O)NCCC#N)cc2)c1. The molecule has 0 bridgehead atoms. The molecule has 0 saturated heterocycles. The maximum Gasteiger partial charge on any atom is 0.338 e. The molecular formula is C19H19N3O5S. The first-order valence-electron chi connectivity index (χ1n) is 8.42. The van der Waals surface area contributed by atoms with Gasteiger partial charge in [0.15, 0.2) is 0 Å². The Hall–Kier alpha value is -3.22. The Bertz CT molecular complexity index is 995. The van der Waals surface area contributed by atoms with Crippen LogP contribution in [-0.4, -0.2) is 33.4 Å². The van der Waals surface area contributed by atoms with Crippen molar-refractivity contribution in [1.82, 2.24) is 4.72 Å². The molecule has 0 aliphatic carbocycles. The number of esters is 1. The quantitative estimate of drug-likeness (QED) is 0.516. The van der Waals surface area contributed by atoms with Gasteiger partial charge in [-0.05, 0) is 49.4 Å². The molecule has 0 aromatic heterocycles. The van der Waals surface area contributed by atoms with Crippen LogP contribution in [0.25, 0.3) is 0 Å². The molecule has 2 aromatic carbocycles. The predicted molar refractivity (Wildman–Crippen MR) is 102 cm³/mol. The zero-order valence-corrected chi connectivity index (χ0v) is 16.0. The average Bonchev–Trinajstić information content (AvgIpc) is 2.68. The number of carbonyl (C=O) groups is 2. The summed E-state index contributed by atoms with van der Waals surface area (Å²) in [4.78, 5) is 24.1. The highest BCUT2D eigenvalue weighted by Crippen LogP contribution is 2.15. The van der Waals surface area contributed by atoms with E-state index in [1.165, 1.54) is 30.3 Å². The van der Waals surface area contributed by atoms with Crippen molar-refractivity contribution in [3.63, 3.8) is 0 Å². The van der Waals surface area contributed by atoms with E-state index >= 15 is 0 Å². The van der Waals surface area contributed by atoms with Crippen LogP contribution in [0, 0.1) is 11.3 Å². The molecule has 0 fully saturated rings. The number of hydrogen-bond acceptors (Lipinski definition) is 6. The van der Waals surface area contributed by atoms with Gasteiger partial charge in [-0.3, -0.25) is 4.79 Å². The maximum atomic E-state index is 12.4. The molecule has 0 aliphatic heterocycles. The zero-order chi connectivity index (χ0) is 20.6. The lowest BCUT2D eigenvalue weighted by molar-refractivity contribution is 0.0526. The van der Waals surface area contributed by atoms with Crippen molar-refractivity contribution < 1.29 is 22.7 Å². The first kappa shape index (κ1) is 21.1. The summed E-state index contributed by atoms with van der Waals surface area (Å²) in [6.45, 7) is 1.96. The number of rotatable bonds is 8. The molecule has 0 aliphatic rings. The van der Waals surface area contributed by atoms with Crippen LogP contribution in [0.3, 0.4) is 0 Å². The van der Waals surface area contributed by atoms with Gasteiger partial charge in [0.2, 0.25) is 10.0 Å². The Labute approximate surface area is 163 Å². The van der Waals surface area contributed by atoms with Crippen LogP contribution in [0.5, 0.6) is 0 Å². The summed E-state index contributed by atoms with van der Waals surface area (Å²) < 4.78 is 31.4. The number of nitriles is 1. The molecular weight excluding hydrogens is 382 g/mol. The number of nitrogens with one attached hydrogen (secondary N) is 2. The Kier molecular flexibility index (Phi) is 7.26. The fourth-order valence-corrected chi connectivity index (χ4v) is 3.28. The van der Waals surface area contributed by atoms with Gasteiger partial charge in [-0.2, -0.15) is 5.26 Å². The standard InChI is InChI=1S/C19H19N3O5S/c1-2-27-19(24)15-5-3-6-16(13-15)22-18(23)14-7-9-17(10-8-14)28(25,26)21-12-4-11-20/h3,5-10,13,21H,2,4,12H2,1H3,(H,22,23). The maximum absolute atomic E-state index is 12.4. The van der Waals surface area contributed by atoms with E-state index in [4.69, 9.17) is 10.00 Å². The Morgan fingerprint density at radius 1 is 1.11 bits per heavy atom. The van der Waals surface area contributed by atoms with Crippen molar-refractivity contribution in [3.05, 3.63) is 59.7 Å². The van der Waals surface area contributed by atoms with Crippen LogP contribution in [0.4, 0.5) is 5.69 Å². The number of benzene rings is 2. The van der Waals surface area contributed by atoms with Crippen molar-refractivity contribution in [1.29, 1.82) is 5.26 Å². The number of anilines is 1. The highest BCUT2D eigenvalue weighted by Gasteiger charge is 2.15. The molecule has 0 unspecified atom stereocenters. The molecule has 28 heavy (non-hydrogen) atoms. The second kappa shape index (κ2) is 9.64. The summed E-state index contributed by atoms with van der Waals surface area (Å²) in [5, 5.41) is 11.1. The smallest absolute Gasteiger partial charge is 0.338 e. The third-order valence-electron chi connectivity index (χ3n) is 3.59. The summed E-state index contributed by atoms with van der Waals surface area (Å²) in [5.41, 5.74) is 0.965. The van der Waals surface area contributed by atoms with Gasteiger partial charge in [0.1, 0.15) is 0 Å². The molecule has 8 nitrogen and oxygen atoms in total. The van der Waals surface area contributed by atoms with Crippen molar-refractivity contribution >= 4 is 27.6 Å². The molecule has 0 heterocycles. The normalized spacial score (nSPS) is 10.7. The molecule has 0 spiro atoms. The third-order valence-corrected chi connectivity index (χ3v) is 5.06. The number of hydrogen-bond donors (Lipinski definition) is 2. The van der Waals surface area contributed by atoms with E-state index in [0.29, 0.717) is 11.3 Å². The fraction of sp³-hybridized carbons (Fsp3) is 0.211. The van der Waals surface area contributed by atoms with Gasteiger partial charge in [0, 0.05) is 24.2 Å². The topological polar surface area (TPSA) is 125 Å². The lowest BCUT2D eigenvalue weighted by atomic mass is 10.1. The van der Waals surface area contributed by atoms with E-state index in [1.807, 2.05) is 6.07 Å². The number of carbonyl (C=O) groups excluding carboxylic acids is 2. The van der Waals surface area contributed by atoms with Crippen LogP contribution >= 0.6 is 0 Å². The molecule has 9 heteroatoms. The zero-order valence-electron chi connectivity index (χ0n) is 15.1. The van der Waals surface area contributed by atoms with Gasteiger partial charge in [-0.15, -0.1) is 0 Å². The van der Waals surface area contributed by atoms with Crippen LogP contribution in [0.15, 0.2) is 53.4 Å². The van der Waals surface area contributed by atoms with Gasteiger partial charge >= 0.3 is 5.97 Å². The predicted octanol–water partition coefficient (Wildman–Crippen LogP) is 2.31. The number of ether oxygens (including phenoxy) is 1. The molecule has 2 N–H and O–H groups in total. The summed E-state index contributed by atoms with van der Waals surface area (Å²) in [6.07, 6.45) is 0.0601. The van der Waals surface area contributed by atoms with E-state index < -0.39 is 21.9 Å². The van der Waals surface area contributed by atoms with Crippen LogP contribution in [0.1, 0.15) is 34.1 Å². The molecule has 146 valence electrons. The summed E-state index contributed by atoms with van der Waals surface area (Å²) in [6, 6.07) is 13.5. The summed E-state index contributed by atoms with van der Waals surface area (Å²) in [7, 11) is -3.74. The van der Waals surface area contributed by atoms with Gasteiger partial charge in [0.25, 0.3) is 5.91 Å². The Morgan fingerprint density at radius 3 is 2.46 bits per heavy atom. The monoisotopic (exact) mass is 401 g/mol. The Morgan fingerprint density at radius 2 is 1.82 bits per heavy atom. The third kappa shape index (κ3) is 5.64. The molecule has 0 saturated carbocycles. The van der Waals surface area contributed by atoms with E-state index in [2.05, 4.69) is 10.0 Å². The van der Waals surface area contributed by atoms with E-state index in [1.54, 1.807) is 25.1 Å². The van der Waals surface area contributed by atoms with E-state index in [0.717, 1.165) is 0 Å². The average molecular weight is 401 g/mol. The van der Waals surface area contributed by atoms with E-state index in [9.17, 15) is 18.0 Å². The van der Waals surface area contributed by atoms with Crippen LogP contribution in [-0.2, 0) is 14.8 Å². The van der Waals surface area contributed by atoms with Crippen LogP contribution in [0.2, 0.25) is 0 Å². The van der Waals surface area contributed by atoms with Gasteiger partial charge in [0.05, 0.1) is 23.1 Å². The first-order chi connectivity index (χ1) is 13.4. The lowest BCUT2D eigenvalue weighted by Gasteiger charge is -2.09. The number of sulfonamides is 1. The minimum Gasteiger partial charge on any atom is -0.462 e.